The first-order chi connectivity index (χ1) is 13.2. The van der Waals surface area contributed by atoms with Gasteiger partial charge in [0.25, 0.3) is 5.60 Å². The van der Waals surface area contributed by atoms with Gasteiger partial charge in [0.05, 0.1) is 5.56 Å². The maximum absolute atomic E-state index is 14.5. The maximum Gasteiger partial charge on any atom is 0.430 e. The molecule has 0 bridgehead atoms. The first kappa shape index (κ1) is 22.8. The Bertz CT molecular complexity index is 931. The summed E-state index contributed by atoms with van der Waals surface area (Å²) in [6.45, 7) is 2.64. The zero-order valence-electron chi connectivity index (χ0n) is 15.0. The van der Waals surface area contributed by atoms with E-state index in [0.717, 1.165) is 19.1 Å². The van der Waals surface area contributed by atoms with E-state index in [2.05, 4.69) is 0 Å². The first-order valence-electron chi connectivity index (χ1n) is 8.14. The van der Waals surface area contributed by atoms with Crippen LogP contribution in [0.3, 0.4) is 0 Å². The van der Waals surface area contributed by atoms with Crippen molar-refractivity contribution < 1.29 is 45.0 Å². The summed E-state index contributed by atoms with van der Waals surface area (Å²) in [5.41, 5.74) is -7.91. The van der Waals surface area contributed by atoms with Crippen molar-refractivity contribution in [1.82, 2.24) is 0 Å². The molecule has 0 aliphatic heterocycles. The number of aliphatic hydroxyl groups is 1. The van der Waals surface area contributed by atoms with E-state index >= 15 is 0 Å². The van der Waals surface area contributed by atoms with Crippen LogP contribution in [0.15, 0.2) is 24.3 Å². The number of hydrogen-bond donors (Lipinski definition) is 1. The lowest BCUT2D eigenvalue weighted by Gasteiger charge is -2.33. The van der Waals surface area contributed by atoms with Crippen molar-refractivity contribution in [2.75, 3.05) is 0 Å². The van der Waals surface area contributed by atoms with Crippen LogP contribution in [0.1, 0.15) is 34.0 Å². The van der Waals surface area contributed by atoms with E-state index in [0.29, 0.717) is 12.1 Å². The van der Waals surface area contributed by atoms with Crippen LogP contribution in [0.4, 0.5) is 35.1 Å². The summed E-state index contributed by atoms with van der Waals surface area (Å²) in [6, 6.07) is 2.56. The smallest absolute Gasteiger partial charge is 0.369 e. The Morgan fingerprint density at radius 1 is 0.966 bits per heavy atom. The molecule has 0 atom stereocenters. The van der Waals surface area contributed by atoms with E-state index in [1.54, 1.807) is 6.92 Å². The summed E-state index contributed by atoms with van der Waals surface area (Å²) in [7, 11) is 0. The van der Waals surface area contributed by atoms with Crippen LogP contribution in [0.5, 0.6) is 0 Å². The quantitative estimate of drug-likeness (QED) is 0.509. The van der Waals surface area contributed by atoms with Crippen molar-refractivity contribution in [3.05, 3.63) is 58.2 Å². The number of aldehydes is 1. The highest BCUT2D eigenvalue weighted by Crippen LogP contribution is 2.50. The van der Waals surface area contributed by atoms with Gasteiger partial charge >= 0.3 is 12.4 Å². The number of alkyl halides is 6. The monoisotopic (exact) mass is 426 g/mol. The van der Waals surface area contributed by atoms with Crippen LogP contribution in [-0.4, -0.2) is 23.7 Å². The second-order valence-corrected chi connectivity index (χ2v) is 6.33. The fourth-order valence-electron chi connectivity index (χ4n) is 3.01. The molecule has 10 heteroatoms. The highest BCUT2D eigenvalue weighted by molar-refractivity contribution is 5.80. The Morgan fingerprint density at radius 3 is 1.93 bits per heavy atom. The van der Waals surface area contributed by atoms with Crippen LogP contribution in [-0.2, 0) is 12.0 Å². The lowest BCUT2D eigenvalue weighted by atomic mass is 9.86. The van der Waals surface area contributed by atoms with E-state index < -0.39 is 40.7 Å². The zero-order valence-corrected chi connectivity index (χ0v) is 15.0. The molecule has 0 heterocycles. The van der Waals surface area contributed by atoms with Crippen LogP contribution in [0.2, 0.25) is 0 Å². The molecule has 0 radical (unpaired) electrons. The molecular formula is C19H14F8O2. The van der Waals surface area contributed by atoms with Gasteiger partial charge in [-0.15, -0.1) is 0 Å². The molecule has 0 fully saturated rings. The minimum Gasteiger partial charge on any atom is -0.369 e. The van der Waals surface area contributed by atoms with Gasteiger partial charge in [0.15, 0.2) is 17.9 Å². The van der Waals surface area contributed by atoms with E-state index in [-0.39, 0.29) is 35.0 Å². The van der Waals surface area contributed by atoms with Crippen molar-refractivity contribution in [3.63, 3.8) is 0 Å². The molecule has 0 amide bonds. The van der Waals surface area contributed by atoms with Crippen molar-refractivity contribution in [1.29, 1.82) is 0 Å². The number of carbonyl (C=O) groups is 1. The molecule has 2 nitrogen and oxygen atoms in total. The van der Waals surface area contributed by atoms with E-state index in [4.69, 9.17) is 0 Å². The lowest BCUT2D eigenvalue weighted by molar-refractivity contribution is -0.376. The Balaban J connectivity index is 2.77. The third-order valence-corrected chi connectivity index (χ3v) is 4.56. The van der Waals surface area contributed by atoms with Crippen molar-refractivity contribution in [3.8, 4) is 11.1 Å². The van der Waals surface area contributed by atoms with Gasteiger partial charge in [-0.1, -0.05) is 25.1 Å². The fraction of sp³-hybridized carbons (Fsp3) is 0.316. The minimum absolute atomic E-state index is 0.0874. The molecule has 0 spiro atoms. The predicted octanol–water partition coefficient (Wildman–Crippen LogP) is 5.63. The molecular weight excluding hydrogens is 412 g/mol. The first-order valence-corrected chi connectivity index (χ1v) is 8.14. The third kappa shape index (κ3) is 3.61. The molecule has 0 aromatic heterocycles. The predicted molar refractivity (Wildman–Crippen MR) is 87.3 cm³/mol. The topological polar surface area (TPSA) is 37.3 Å². The highest BCUT2D eigenvalue weighted by atomic mass is 19.4. The maximum atomic E-state index is 14.5. The summed E-state index contributed by atoms with van der Waals surface area (Å²) in [5, 5.41) is 9.49. The molecule has 0 unspecified atom stereocenters. The van der Waals surface area contributed by atoms with Gasteiger partial charge in [-0.3, -0.25) is 4.79 Å². The van der Waals surface area contributed by atoms with E-state index in [1.807, 2.05) is 0 Å². The molecule has 1 N–H and O–H groups in total. The summed E-state index contributed by atoms with van der Waals surface area (Å²) >= 11 is 0. The number of aryl methyl sites for hydroxylation is 2. The number of benzene rings is 2. The van der Waals surface area contributed by atoms with Crippen molar-refractivity contribution in [2.24, 2.45) is 0 Å². The number of rotatable bonds is 4. The largest absolute Gasteiger partial charge is 0.430 e. The molecule has 0 saturated heterocycles. The summed E-state index contributed by atoms with van der Waals surface area (Å²) in [4.78, 5) is 10.9. The lowest BCUT2D eigenvalue weighted by Crippen LogP contribution is -2.53. The van der Waals surface area contributed by atoms with Gasteiger partial charge in [0.2, 0.25) is 0 Å². The van der Waals surface area contributed by atoms with Gasteiger partial charge < -0.3 is 5.11 Å². The molecule has 0 saturated carbocycles. The normalized spacial score (nSPS) is 12.9. The molecule has 0 aliphatic carbocycles. The average Bonchev–Trinajstić information content (AvgIpc) is 2.61. The summed E-state index contributed by atoms with van der Waals surface area (Å²) in [5.74, 6) is -2.94. The SMILES string of the molecule is CCc1cc(C=O)c(F)c(F)c1-c1ccc(C(O)(C(F)(F)F)C(F)(F)F)cc1C. The van der Waals surface area contributed by atoms with Gasteiger partial charge in [-0.2, -0.15) is 26.3 Å². The number of carbonyl (C=O) groups excluding carboxylic acids is 1. The van der Waals surface area contributed by atoms with Gasteiger partial charge in [0.1, 0.15) is 0 Å². The van der Waals surface area contributed by atoms with Crippen LogP contribution in [0.25, 0.3) is 11.1 Å². The van der Waals surface area contributed by atoms with Crippen LogP contribution in [0, 0.1) is 18.6 Å². The fourth-order valence-corrected chi connectivity index (χ4v) is 3.01. The van der Waals surface area contributed by atoms with Gasteiger partial charge in [-0.25, -0.2) is 8.78 Å². The Kier molecular flexibility index (Phi) is 5.82. The minimum atomic E-state index is -6.07. The van der Waals surface area contributed by atoms with Gasteiger partial charge in [0, 0.05) is 11.1 Å². The second kappa shape index (κ2) is 7.40. The highest BCUT2D eigenvalue weighted by Gasteiger charge is 2.71. The number of hydrogen-bond acceptors (Lipinski definition) is 2. The van der Waals surface area contributed by atoms with E-state index in [1.165, 1.54) is 0 Å². The molecule has 0 aliphatic rings. The Morgan fingerprint density at radius 2 is 1.52 bits per heavy atom. The average molecular weight is 426 g/mol. The molecule has 2 aromatic carbocycles. The molecule has 2 aromatic rings. The third-order valence-electron chi connectivity index (χ3n) is 4.56. The van der Waals surface area contributed by atoms with Crippen molar-refractivity contribution in [2.45, 2.75) is 38.2 Å². The van der Waals surface area contributed by atoms with Gasteiger partial charge in [-0.05, 0) is 36.1 Å². The standard InChI is InChI=1S/C19H14F8O2/c1-3-10-7-11(8-28)15(20)16(21)14(10)13-5-4-12(6-9(13)2)17(29,18(22,23)24)19(25,26)27/h4-8,29H,3H2,1-2H3. The van der Waals surface area contributed by atoms with Crippen molar-refractivity contribution >= 4 is 6.29 Å². The Labute approximate surface area is 159 Å². The van der Waals surface area contributed by atoms with E-state index in [9.17, 15) is 45.0 Å². The number of halogens is 8. The molecule has 158 valence electrons. The second-order valence-electron chi connectivity index (χ2n) is 6.33. The Hall–Kier alpha value is -2.49. The summed E-state index contributed by atoms with van der Waals surface area (Å²) in [6.07, 6.45) is -12.0. The molecule has 2 rings (SSSR count). The molecule has 29 heavy (non-hydrogen) atoms. The summed E-state index contributed by atoms with van der Waals surface area (Å²) < 4.78 is 107. The van der Waals surface area contributed by atoms with Crippen LogP contribution >= 0.6 is 0 Å². The zero-order chi connectivity index (χ0) is 22.4. The van der Waals surface area contributed by atoms with Crippen LogP contribution < -0.4 is 0 Å².